The van der Waals surface area contributed by atoms with Crippen molar-refractivity contribution in [3.8, 4) is 5.69 Å². The summed E-state index contributed by atoms with van der Waals surface area (Å²) in [5.41, 5.74) is 2.07. The summed E-state index contributed by atoms with van der Waals surface area (Å²) < 4.78 is 2.06. The van der Waals surface area contributed by atoms with Crippen LogP contribution < -0.4 is 0 Å². The summed E-state index contributed by atoms with van der Waals surface area (Å²) in [6.45, 7) is 0.585. The third-order valence-corrected chi connectivity index (χ3v) is 4.08. The van der Waals surface area contributed by atoms with Crippen LogP contribution in [0, 0.1) is 10.1 Å². The molecule has 0 aliphatic heterocycles. The molecule has 1 aromatic carbocycles. The van der Waals surface area contributed by atoms with E-state index in [4.69, 9.17) is 0 Å². The zero-order valence-corrected chi connectivity index (χ0v) is 12.4. The second-order valence-corrected chi connectivity index (χ2v) is 5.64. The van der Waals surface area contributed by atoms with Crippen LogP contribution in [0.25, 0.3) is 5.69 Å². The van der Waals surface area contributed by atoms with E-state index < -0.39 is 4.92 Å². The Hall–Kier alpha value is -2.73. The van der Waals surface area contributed by atoms with Gasteiger partial charge in [-0.05, 0) is 41.3 Å². The second kappa shape index (κ2) is 6.36. The van der Waals surface area contributed by atoms with Crippen molar-refractivity contribution in [2.75, 3.05) is 0 Å². The van der Waals surface area contributed by atoms with E-state index in [1.54, 1.807) is 29.7 Å². The number of nitrogens with zero attached hydrogens (tertiary/aromatic N) is 3. The predicted molar refractivity (Wildman–Crippen MR) is 88.0 cm³/mol. The first kappa shape index (κ1) is 14.2. The van der Waals surface area contributed by atoms with Crippen molar-refractivity contribution in [3.63, 3.8) is 0 Å². The lowest BCUT2D eigenvalue weighted by molar-refractivity contribution is -0.384. The van der Waals surface area contributed by atoms with Crippen LogP contribution in [0.3, 0.4) is 0 Å². The number of aliphatic imine (C=N–C) groups is 1. The highest BCUT2D eigenvalue weighted by Crippen LogP contribution is 2.22. The Balaban J connectivity index is 1.70. The number of rotatable bonds is 5. The molecule has 0 bridgehead atoms. The van der Waals surface area contributed by atoms with E-state index in [0.717, 1.165) is 11.3 Å². The van der Waals surface area contributed by atoms with Gasteiger partial charge in [-0.25, -0.2) is 0 Å². The smallest absolute Gasteiger partial charge is 0.269 e. The highest BCUT2D eigenvalue weighted by atomic mass is 32.1. The summed E-state index contributed by atoms with van der Waals surface area (Å²) >= 11 is 1.67. The molecule has 0 amide bonds. The Morgan fingerprint density at radius 2 is 1.91 bits per heavy atom. The Morgan fingerprint density at radius 1 is 1.18 bits per heavy atom. The maximum Gasteiger partial charge on any atom is 0.269 e. The van der Waals surface area contributed by atoms with Crippen molar-refractivity contribution in [1.82, 2.24) is 4.57 Å². The molecule has 3 aromatic rings. The van der Waals surface area contributed by atoms with E-state index in [1.807, 2.05) is 29.9 Å². The Bertz CT molecular complexity index is 789. The lowest BCUT2D eigenvalue weighted by atomic mass is 10.2. The zero-order valence-electron chi connectivity index (χ0n) is 11.6. The number of benzene rings is 1. The van der Waals surface area contributed by atoms with Crippen LogP contribution in [0.5, 0.6) is 0 Å². The molecule has 6 heteroatoms. The van der Waals surface area contributed by atoms with E-state index in [0.29, 0.717) is 6.54 Å². The standard InChI is InChI=1S/C16H13N3O2S/c20-19(21)14-5-3-13(4-6-14)11-17-12-16-15(7-10-22-16)18-8-1-2-9-18/h1-11H,12H2. The SMILES string of the molecule is O=[N+]([O-])c1ccc(C=NCc2sccc2-n2cccc2)cc1. The minimum atomic E-state index is -0.407. The van der Waals surface area contributed by atoms with Gasteiger partial charge >= 0.3 is 0 Å². The van der Waals surface area contributed by atoms with Gasteiger partial charge in [-0.15, -0.1) is 11.3 Å². The van der Waals surface area contributed by atoms with Crippen molar-refractivity contribution < 1.29 is 4.92 Å². The first-order chi connectivity index (χ1) is 10.7. The largest absolute Gasteiger partial charge is 0.323 e. The fourth-order valence-corrected chi connectivity index (χ4v) is 2.90. The van der Waals surface area contributed by atoms with Crippen LogP contribution >= 0.6 is 11.3 Å². The van der Waals surface area contributed by atoms with Crippen molar-refractivity contribution in [3.05, 3.63) is 80.8 Å². The topological polar surface area (TPSA) is 60.4 Å². The highest BCUT2D eigenvalue weighted by Gasteiger charge is 2.05. The lowest BCUT2D eigenvalue weighted by Crippen LogP contribution is -1.92. The van der Waals surface area contributed by atoms with Gasteiger partial charge in [-0.2, -0.15) is 0 Å². The van der Waals surface area contributed by atoms with E-state index in [9.17, 15) is 10.1 Å². The second-order valence-electron chi connectivity index (χ2n) is 4.64. The molecule has 0 saturated carbocycles. The fourth-order valence-electron chi connectivity index (χ4n) is 2.09. The minimum absolute atomic E-state index is 0.0882. The van der Waals surface area contributed by atoms with Gasteiger partial charge in [0.25, 0.3) is 5.69 Å². The van der Waals surface area contributed by atoms with Crippen molar-refractivity contribution in [2.24, 2.45) is 4.99 Å². The molecule has 110 valence electrons. The van der Waals surface area contributed by atoms with Gasteiger partial charge in [0, 0.05) is 35.6 Å². The van der Waals surface area contributed by atoms with Crippen LogP contribution in [0.2, 0.25) is 0 Å². The third-order valence-electron chi connectivity index (χ3n) is 3.18. The summed E-state index contributed by atoms with van der Waals surface area (Å²) in [5, 5.41) is 12.7. The molecule has 2 heterocycles. The first-order valence-corrected chi connectivity index (χ1v) is 7.56. The molecule has 0 radical (unpaired) electrons. The third kappa shape index (κ3) is 3.12. The highest BCUT2D eigenvalue weighted by molar-refractivity contribution is 7.10. The number of non-ortho nitro benzene ring substituents is 1. The molecular formula is C16H13N3O2S. The maximum atomic E-state index is 10.6. The fraction of sp³-hybridized carbons (Fsp3) is 0.0625. The number of aromatic nitrogens is 1. The maximum absolute atomic E-state index is 10.6. The average molecular weight is 311 g/mol. The van der Waals surface area contributed by atoms with Crippen molar-refractivity contribution in [2.45, 2.75) is 6.54 Å². The van der Waals surface area contributed by atoms with Crippen LogP contribution in [-0.2, 0) is 6.54 Å². The average Bonchev–Trinajstić information content (AvgIpc) is 3.18. The summed E-state index contributed by atoms with van der Waals surface area (Å²) in [7, 11) is 0. The molecule has 0 unspecified atom stereocenters. The molecule has 0 N–H and O–H groups in total. The number of nitro groups is 1. The minimum Gasteiger partial charge on any atom is -0.323 e. The number of hydrogen-bond donors (Lipinski definition) is 0. The molecule has 5 nitrogen and oxygen atoms in total. The molecule has 2 aromatic heterocycles. The molecular weight excluding hydrogens is 298 g/mol. The predicted octanol–water partition coefficient (Wildman–Crippen LogP) is 4.07. The van der Waals surface area contributed by atoms with Gasteiger partial charge in [-0.3, -0.25) is 15.1 Å². The van der Waals surface area contributed by atoms with Crippen LogP contribution in [0.4, 0.5) is 5.69 Å². The molecule has 0 saturated heterocycles. The van der Waals surface area contributed by atoms with E-state index in [2.05, 4.69) is 15.6 Å². The summed E-state index contributed by atoms with van der Waals surface area (Å²) in [6, 6.07) is 12.4. The van der Waals surface area contributed by atoms with Crippen LogP contribution in [0.15, 0.2) is 65.2 Å². The van der Waals surface area contributed by atoms with E-state index in [-0.39, 0.29) is 5.69 Å². The number of thiophene rings is 1. The van der Waals surface area contributed by atoms with Gasteiger partial charge < -0.3 is 4.57 Å². The van der Waals surface area contributed by atoms with Gasteiger partial charge in [0.2, 0.25) is 0 Å². The molecule has 0 fully saturated rings. The van der Waals surface area contributed by atoms with Crippen molar-refractivity contribution in [1.29, 1.82) is 0 Å². The van der Waals surface area contributed by atoms with Gasteiger partial charge in [-0.1, -0.05) is 0 Å². The number of nitro benzene ring substituents is 1. The molecule has 0 aliphatic rings. The Morgan fingerprint density at radius 3 is 2.59 bits per heavy atom. The monoisotopic (exact) mass is 311 g/mol. The molecule has 0 aliphatic carbocycles. The summed E-state index contributed by atoms with van der Waals surface area (Å²) in [6.07, 6.45) is 5.75. The number of hydrogen-bond acceptors (Lipinski definition) is 4. The Labute approximate surface area is 131 Å². The normalized spacial score (nSPS) is 11.1. The van der Waals surface area contributed by atoms with Gasteiger partial charge in [0.05, 0.1) is 17.2 Å². The van der Waals surface area contributed by atoms with Crippen LogP contribution in [-0.4, -0.2) is 15.7 Å². The molecule has 0 atom stereocenters. The Kier molecular flexibility index (Phi) is 4.11. The van der Waals surface area contributed by atoms with E-state index in [1.165, 1.54) is 17.0 Å². The summed E-state index contributed by atoms with van der Waals surface area (Å²) in [5.74, 6) is 0. The molecule has 0 spiro atoms. The van der Waals surface area contributed by atoms with Gasteiger partial charge in [0.1, 0.15) is 0 Å². The van der Waals surface area contributed by atoms with Gasteiger partial charge in [0.15, 0.2) is 0 Å². The molecule has 22 heavy (non-hydrogen) atoms. The quantitative estimate of drug-likeness (QED) is 0.405. The molecule has 3 rings (SSSR count). The first-order valence-electron chi connectivity index (χ1n) is 6.68. The van der Waals surface area contributed by atoms with Crippen molar-refractivity contribution >= 4 is 23.2 Å². The van der Waals surface area contributed by atoms with E-state index >= 15 is 0 Å². The zero-order chi connectivity index (χ0) is 15.4. The van der Waals surface area contributed by atoms with Crippen LogP contribution in [0.1, 0.15) is 10.4 Å². The lowest BCUT2D eigenvalue weighted by Gasteiger charge is -2.02. The summed E-state index contributed by atoms with van der Waals surface area (Å²) in [4.78, 5) is 15.8.